The van der Waals surface area contributed by atoms with Crippen LogP contribution in [0.3, 0.4) is 0 Å². The maximum absolute atomic E-state index is 13.2. The Morgan fingerprint density at radius 3 is 2.92 bits per heavy atom. The van der Waals surface area contributed by atoms with Gasteiger partial charge in [-0.25, -0.2) is 4.39 Å². The molecule has 13 heavy (non-hydrogen) atoms. The Balaban J connectivity index is 2.56. The first-order valence-electron chi connectivity index (χ1n) is 4.02. The predicted molar refractivity (Wildman–Crippen MR) is 52.6 cm³/mol. The number of hydroxylamine groups is 1. The second kappa shape index (κ2) is 5.32. The summed E-state index contributed by atoms with van der Waals surface area (Å²) in [6.07, 6.45) is 0. The smallest absolute Gasteiger partial charge is 0.128 e. The lowest BCUT2D eigenvalue weighted by molar-refractivity contribution is 0.0457. The standard InChI is InChI=1S/C9H11BrFNO/c1-2-13-12-6-7-3-4-8(10)5-9(7)11/h3-5,12H,2,6H2,1H3. The molecule has 1 aromatic carbocycles. The molecule has 72 valence electrons. The fraction of sp³-hybridized carbons (Fsp3) is 0.333. The SMILES string of the molecule is CCONCc1ccc(Br)cc1F. The van der Waals surface area contributed by atoms with Crippen LogP contribution in [-0.2, 0) is 11.4 Å². The minimum atomic E-state index is -0.235. The van der Waals surface area contributed by atoms with Crippen LogP contribution in [0.5, 0.6) is 0 Å². The summed E-state index contributed by atoms with van der Waals surface area (Å²) in [6.45, 7) is 2.82. The van der Waals surface area contributed by atoms with Crippen molar-refractivity contribution in [3.8, 4) is 0 Å². The molecule has 0 spiro atoms. The van der Waals surface area contributed by atoms with Gasteiger partial charge >= 0.3 is 0 Å². The van der Waals surface area contributed by atoms with Crippen LogP contribution in [0, 0.1) is 5.82 Å². The van der Waals surface area contributed by atoms with Crippen LogP contribution in [0.4, 0.5) is 4.39 Å². The van der Waals surface area contributed by atoms with Crippen molar-refractivity contribution in [2.24, 2.45) is 0 Å². The summed E-state index contributed by atoms with van der Waals surface area (Å²) < 4.78 is 13.9. The van der Waals surface area contributed by atoms with Crippen molar-refractivity contribution in [3.63, 3.8) is 0 Å². The second-order valence-corrected chi connectivity index (χ2v) is 3.41. The van der Waals surface area contributed by atoms with E-state index in [0.717, 1.165) is 4.47 Å². The molecule has 0 fully saturated rings. The molecule has 0 heterocycles. The van der Waals surface area contributed by atoms with E-state index in [-0.39, 0.29) is 5.82 Å². The molecule has 0 aromatic heterocycles. The van der Waals surface area contributed by atoms with Crippen LogP contribution < -0.4 is 5.48 Å². The number of nitrogens with one attached hydrogen (secondary N) is 1. The molecule has 0 radical (unpaired) electrons. The van der Waals surface area contributed by atoms with Gasteiger partial charge in [0, 0.05) is 16.6 Å². The lowest BCUT2D eigenvalue weighted by atomic mass is 10.2. The third-order valence-corrected chi connectivity index (χ3v) is 2.02. The molecular formula is C9H11BrFNO. The summed E-state index contributed by atoms with van der Waals surface area (Å²) in [5, 5.41) is 0. The Bertz CT molecular complexity index is 280. The van der Waals surface area contributed by atoms with E-state index in [4.69, 9.17) is 4.84 Å². The van der Waals surface area contributed by atoms with Crippen molar-refractivity contribution < 1.29 is 9.23 Å². The molecule has 0 aliphatic heterocycles. The van der Waals surface area contributed by atoms with Gasteiger partial charge in [0.15, 0.2) is 0 Å². The van der Waals surface area contributed by atoms with E-state index in [1.807, 2.05) is 6.92 Å². The Kier molecular flexibility index (Phi) is 4.35. The summed E-state index contributed by atoms with van der Waals surface area (Å²) in [7, 11) is 0. The van der Waals surface area contributed by atoms with Crippen LogP contribution in [0.15, 0.2) is 22.7 Å². The molecule has 0 saturated carbocycles. The van der Waals surface area contributed by atoms with Crippen LogP contribution in [-0.4, -0.2) is 6.61 Å². The maximum atomic E-state index is 13.2. The zero-order chi connectivity index (χ0) is 9.68. The summed E-state index contributed by atoms with van der Waals surface area (Å²) in [4.78, 5) is 4.89. The average molecular weight is 248 g/mol. The van der Waals surface area contributed by atoms with Gasteiger partial charge in [0.2, 0.25) is 0 Å². The van der Waals surface area contributed by atoms with E-state index in [1.165, 1.54) is 6.07 Å². The van der Waals surface area contributed by atoms with E-state index < -0.39 is 0 Å². The second-order valence-electron chi connectivity index (χ2n) is 2.49. The molecular weight excluding hydrogens is 237 g/mol. The molecule has 0 unspecified atom stereocenters. The highest BCUT2D eigenvalue weighted by Crippen LogP contribution is 2.14. The van der Waals surface area contributed by atoms with E-state index in [0.29, 0.717) is 18.7 Å². The van der Waals surface area contributed by atoms with Gasteiger partial charge in [0.25, 0.3) is 0 Å². The topological polar surface area (TPSA) is 21.3 Å². The largest absolute Gasteiger partial charge is 0.302 e. The minimum absolute atomic E-state index is 0.235. The Morgan fingerprint density at radius 1 is 1.54 bits per heavy atom. The molecule has 0 bridgehead atoms. The molecule has 0 amide bonds. The molecule has 1 aromatic rings. The third-order valence-electron chi connectivity index (χ3n) is 1.52. The quantitative estimate of drug-likeness (QED) is 0.653. The number of rotatable bonds is 4. The number of hydrogen-bond acceptors (Lipinski definition) is 2. The van der Waals surface area contributed by atoms with E-state index in [9.17, 15) is 4.39 Å². The molecule has 0 atom stereocenters. The average Bonchev–Trinajstić information content (AvgIpc) is 2.09. The van der Waals surface area contributed by atoms with Gasteiger partial charge in [-0.2, -0.15) is 5.48 Å². The monoisotopic (exact) mass is 247 g/mol. The predicted octanol–water partition coefficient (Wildman–Crippen LogP) is 2.63. The molecule has 4 heteroatoms. The summed E-state index contributed by atoms with van der Waals surface area (Å²) in [5.74, 6) is -0.235. The van der Waals surface area contributed by atoms with Gasteiger partial charge in [-0.05, 0) is 19.1 Å². The summed E-state index contributed by atoms with van der Waals surface area (Å²) in [6, 6.07) is 4.94. The van der Waals surface area contributed by atoms with Crippen molar-refractivity contribution in [1.29, 1.82) is 0 Å². The Hall–Kier alpha value is -0.450. The number of hydrogen-bond donors (Lipinski definition) is 1. The van der Waals surface area contributed by atoms with Gasteiger partial charge in [-0.15, -0.1) is 0 Å². The molecule has 1 N–H and O–H groups in total. The van der Waals surface area contributed by atoms with Gasteiger partial charge in [0.05, 0.1) is 6.61 Å². The first-order valence-corrected chi connectivity index (χ1v) is 4.82. The van der Waals surface area contributed by atoms with Crippen molar-refractivity contribution in [3.05, 3.63) is 34.1 Å². The number of halogens is 2. The van der Waals surface area contributed by atoms with E-state index in [1.54, 1.807) is 12.1 Å². The Morgan fingerprint density at radius 2 is 2.31 bits per heavy atom. The van der Waals surface area contributed by atoms with E-state index >= 15 is 0 Å². The number of benzene rings is 1. The summed E-state index contributed by atoms with van der Waals surface area (Å²) >= 11 is 3.19. The highest BCUT2D eigenvalue weighted by molar-refractivity contribution is 9.10. The molecule has 2 nitrogen and oxygen atoms in total. The van der Waals surface area contributed by atoms with Crippen LogP contribution in [0.25, 0.3) is 0 Å². The maximum Gasteiger partial charge on any atom is 0.128 e. The van der Waals surface area contributed by atoms with Gasteiger partial charge in [-0.1, -0.05) is 22.0 Å². The van der Waals surface area contributed by atoms with Gasteiger partial charge in [-0.3, -0.25) is 0 Å². The van der Waals surface area contributed by atoms with Gasteiger partial charge in [0.1, 0.15) is 5.82 Å². The first kappa shape index (κ1) is 10.6. The minimum Gasteiger partial charge on any atom is -0.302 e. The third kappa shape index (κ3) is 3.42. The lowest BCUT2D eigenvalue weighted by Gasteiger charge is -2.04. The van der Waals surface area contributed by atoms with Crippen molar-refractivity contribution in [2.75, 3.05) is 6.61 Å². The van der Waals surface area contributed by atoms with Gasteiger partial charge < -0.3 is 4.84 Å². The highest BCUT2D eigenvalue weighted by atomic mass is 79.9. The molecule has 0 aliphatic carbocycles. The van der Waals surface area contributed by atoms with Crippen LogP contribution >= 0.6 is 15.9 Å². The van der Waals surface area contributed by atoms with Crippen molar-refractivity contribution in [2.45, 2.75) is 13.5 Å². The highest BCUT2D eigenvalue weighted by Gasteiger charge is 2.01. The normalized spacial score (nSPS) is 10.4. The first-order chi connectivity index (χ1) is 6.24. The van der Waals surface area contributed by atoms with Crippen molar-refractivity contribution >= 4 is 15.9 Å². The summed E-state index contributed by atoms with van der Waals surface area (Å²) in [5.41, 5.74) is 3.25. The fourth-order valence-electron chi connectivity index (χ4n) is 0.896. The van der Waals surface area contributed by atoms with E-state index in [2.05, 4.69) is 21.4 Å². The zero-order valence-electron chi connectivity index (χ0n) is 7.31. The van der Waals surface area contributed by atoms with Crippen LogP contribution in [0.2, 0.25) is 0 Å². The molecule has 0 aliphatic rings. The molecule has 1 rings (SSSR count). The molecule has 0 saturated heterocycles. The Labute approximate surface area is 85.2 Å². The zero-order valence-corrected chi connectivity index (χ0v) is 8.90. The van der Waals surface area contributed by atoms with Crippen molar-refractivity contribution in [1.82, 2.24) is 5.48 Å². The lowest BCUT2D eigenvalue weighted by Crippen LogP contribution is -2.14. The fourth-order valence-corrected chi connectivity index (χ4v) is 1.23. The van der Waals surface area contributed by atoms with Crippen LogP contribution in [0.1, 0.15) is 12.5 Å².